The fourth-order valence-electron chi connectivity index (χ4n) is 5.42. The largest absolute Gasteiger partial charge is 0.372 e. The summed E-state index contributed by atoms with van der Waals surface area (Å²) in [5.74, 6) is -3.23. The number of alkyl halides is 2. The van der Waals surface area contributed by atoms with Crippen LogP contribution >= 0.6 is 0 Å². The number of sulfonamides is 1. The lowest BCUT2D eigenvalue weighted by Crippen LogP contribution is -2.45. The van der Waals surface area contributed by atoms with Crippen LogP contribution in [0, 0.1) is 5.92 Å². The number of halogens is 2. The zero-order valence-electron chi connectivity index (χ0n) is 22.6. The quantitative estimate of drug-likeness (QED) is 0.462. The van der Waals surface area contributed by atoms with Crippen molar-refractivity contribution in [3.63, 3.8) is 0 Å². The van der Waals surface area contributed by atoms with Gasteiger partial charge in [0.2, 0.25) is 5.91 Å². The molecule has 0 saturated carbocycles. The monoisotopic (exact) mass is 573 g/mol. The number of nitrogens with one attached hydrogen (secondary N) is 1. The first kappa shape index (κ1) is 28.3. The van der Waals surface area contributed by atoms with Crippen LogP contribution in [0.2, 0.25) is 0 Å². The van der Waals surface area contributed by atoms with E-state index >= 15 is 0 Å². The fourth-order valence-corrected chi connectivity index (χ4v) is 6.46. The van der Waals surface area contributed by atoms with Crippen LogP contribution in [0.4, 0.5) is 14.6 Å². The lowest BCUT2D eigenvalue weighted by Gasteiger charge is -2.36. The summed E-state index contributed by atoms with van der Waals surface area (Å²) in [6.45, 7) is 7.15. The molecule has 2 saturated heterocycles. The molecule has 2 fully saturated rings. The van der Waals surface area contributed by atoms with Crippen molar-refractivity contribution in [1.82, 2.24) is 19.6 Å². The lowest BCUT2D eigenvalue weighted by atomic mass is 10.0. The van der Waals surface area contributed by atoms with Crippen LogP contribution < -0.4 is 10.2 Å². The summed E-state index contributed by atoms with van der Waals surface area (Å²) in [5.41, 5.74) is 2.31. The molecule has 4 heterocycles. The van der Waals surface area contributed by atoms with Gasteiger partial charge in [-0.25, -0.2) is 13.4 Å². The molecule has 1 amide bonds. The van der Waals surface area contributed by atoms with Gasteiger partial charge in [-0.2, -0.15) is 13.1 Å². The van der Waals surface area contributed by atoms with Crippen molar-refractivity contribution in [2.75, 3.05) is 31.1 Å². The third-order valence-corrected chi connectivity index (χ3v) is 8.87. The van der Waals surface area contributed by atoms with E-state index in [0.29, 0.717) is 5.69 Å². The number of benzene rings is 1. The molecule has 0 bridgehead atoms. The molecule has 40 heavy (non-hydrogen) atoms. The first-order valence-corrected chi connectivity index (χ1v) is 14.8. The molecular formula is C28H33F2N5O4S. The summed E-state index contributed by atoms with van der Waals surface area (Å²) in [6.07, 6.45) is 1.93. The standard InChI is InChI=1S/C28H33F2N5O4S/c1-17-13-35(40(37,38)28(29)30)16-25(17)33-27(36)11-23-10-22-9-20(7-8-21(22)12-31-23)24-5-4-6-26(32-24)34-14-18(2)39-19(3)15-34/h4-10,12,17-19,25,28H,11,13-16H2,1-3H3,(H,33,36)/t17-,18-,19+,25+/m1/s1. The minimum absolute atomic E-state index is 0.0217. The predicted octanol–water partition coefficient (Wildman–Crippen LogP) is 3.44. The molecule has 5 rings (SSSR count). The molecule has 214 valence electrons. The van der Waals surface area contributed by atoms with Crippen molar-refractivity contribution in [1.29, 1.82) is 0 Å². The first-order chi connectivity index (χ1) is 19.0. The van der Waals surface area contributed by atoms with Crippen molar-refractivity contribution < 1.29 is 26.7 Å². The van der Waals surface area contributed by atoms with Crippen LogP contribution in [-0.4, -0.2) is 78.8 Å². The maximum absolute atomic E-state index is 12.9. The maximum Gasteiger partial charge on any atom is 0.350 e. The van der Waals surface area contributed by atoms with E-state index in [2.05, 4.69) is 29.0 Å². The molecular weight excluding hydrogens is 540 g/mol. The molecule has 2 aliphatic heterocycles. The second kappa shape index (κ2) is 11.3. The van der Waals surface area contributed by atoms with Gasteiger partial charge in [0.25, 0.3) is 10.0 Å². The summed E-state index contributed by atoms with van der Waals surface area (Å²) in [4.78, 5) is 24.3. The normalized spacial score (nSPS) is 24.1. The van der Waals surface area contributed by atoms with Gasteiger partial charge < -0.3 is 15.0 Å². The molecule has 3 aromatic rings. The highest BCUT2D eigenvalue weighted by atomic mass is 32.2. The highest BCUT2D eigenvalue weighted by molar-refractivity contribution is 7.89. The molecule has 2 aliphatic rings. The first-order valence-electron chi connectivity index (χ1n) is 13.3. The van der Waals surface area contributed by atoms with Gasteiger partial charge >= 0.3 is 5.76 Å². The highest BCUT2D eigenvalue weighted by Gasteiger charge is 2.41. The van der Waals surface area contributed by atoms with Gasteiger partial charge in [-0.05, 0) is 49.4 Å². The van der Waals surface area contributed by atoms with E-state index in [-0.39, 0.29) is 43.5 Å². The number of nitrogens with zero attached hydrogens (tertiary/aromatic N) is 4. The minimum atomic E-state index is -4.68. The van der Waals surface area contributed by atoms with Crippen molar-refractivity contribution in [3.05, 3.63) is 54.4 Å². The second-order valence-electron chi connectivity index (χ2n) is 10.7. The SMILES string of the molecule is C[C@@H]1CN(c2cccc(-c3ccc4cnc(CC(=O)N[C@H]5CN(S(=O)(=O)C(F)F)C[C@H]5C)cc4c3)n2)C[C@H](C)O1. The molecule has 0 radical (unpaired) electrons. The van der Waals surface area contributed by atoms with Crippen molar-refractivity contribution >= 4 is 32.5 Å². The van der Waals surface area contributed by atoms with Gasteiger partial charge in [-0.15, -0.1) is 0 Å². The second-order valence-corrected chi connectivity index (χ2v) is 12.6. The van der Waals surface area contributed by atoms with E-state index in [4.69, 9.17) is 9.72 Å². The molecule has 1 N–H and O–H groups in total. The topological polar surface area (TPSA) is 105 Å². The van der Waals surface area contributed by atoms with Gasteiger partial charge in [-0.1, -0.05) is 25.1 Å². The van der Waals surface area contributed by atoms with E-state index in [1.54, 1.807) is 13.1 Å². The molecule has 0 aliphatic carbocycles. The molecule has 4 atom stereocenters. The zero-order chi connectivity index (χ0) is 28.6. The number of hydrogen-bond donors (Lipinski definition) is 1. The number of carbonyl (C=O) groups excluding carboxylic acids is 1. The Hall–Kier alpha value is -3.22. The maximum atomic E-state index is 12.9. The zero-order valence-corrected chi connectivity index (χ0v) is 23.4. The van der Waals surface area contributed by atoms with Crippen molar-refractivity contribution in [3.8, 4) is 11.3 Å². The summed E-state index contributed by atoms with van der Waals surface area (Å²) in [7, 11) is -4.68. The molecule has 12 heteroatoms. The molecule has 2 aromatic heterocycles. The van der Waals surface area contributed by atoms with Crippen LogP contribution in [-0.2, 0) is 26.0 Å². The van der Waals surface area contributed by atoms with Crippen LogP contribution in [0.3, 0.4) is 0 Å². The Kier molecular flexibility index (Phi) is 8.03. The van der Waals surface area contributed by atoms with E-state index in [9.17, 15) is 22.0 Å². The van der Waals surface area contributed by atoms with Crippen molar-refractivity contribution in [2.45, 2.75) is 51.2 Å². The van der Waals surface area contributed by atoms with E-state index < -0.39 is 21.8 Å². The Balaban J connectivity index is 1.29. The number of anilines is 1. The number of ether oxygens (including phenoxy) is 1. The van der Waals surface area contributed by atoms with Gasteiger partial charge in [0, 0.05) is 49.4 Å². The Bertz CT molecular complexity index is 1500. The third kappa shape index (κ3) is 6.08. The van der Waals surface area contributed by atoms with Crippen LogP contribution in [0.15, 0.2) is 48.7 Å². The summed E-state index contributed by atoms with van der Waals surface area (Å²) in [6, 6.07) is 13.2. The summed E-state index contributed by atoms with van der Waals surface area (Å²) < 4.78 is 56.1. The smallest absolute Gasteiger partial charge is 0.350 e. The lowest BCUT2D eigenvalue weighted by molar-refractivity contribution is -0.121. The van der Waals surface area contributed by atoms with Gasteiger partial charge in [-0.3, -0.25) is 9.78 Å². The summed E-state index contributed by atoms with van der Waals surface area (Å²) >= 11 is 0. The number of fused-ring (bicyclic) bond motifs is 1. The Morgan fingerprint density at radius 3 is 2.52 bits per heavy atom. The van der Waals surface area contributed by atoms with E-state index in [1.807, 2.05) is 42.5 Å². The predicted molar refractivity (Wildman–Crippen MR) is 148 cm³/mol. The average molecular weight is 574 g/mol. The van der Waals surface area contributed by atoms with Crippen LogP contribution in [0.25, 0.3) is 22.0 Å². The molecule has 9 nitrogen and oxygen atoms in total. The highest BCUT2D eigenvalue weighted by Crippen LogP contribution is 2.27. The minimum Gasteiger partial charge on any atom is -0.372 e. The fraction of sp³-hybridized carbons (Fsp3) is 0.464. The van der Waals surface area contributed by atoms with Gasteiger partial charge in [0.05, 0.1) is 30.0 Å². The third-order valence-electron chi connectivity index (χ3n) is 7.40. The Morgan fingerprint density at radius 1 is 1.05 bits per heavy atom. The van der Waals surface area contributed by atoms with Gasteiger partial charge in [0.15, 0.2) is 0 Å². The number of hydrogen-bond acceptors (Lipinski definition) is 7. The molecule has 0 spiro atoms. The molecule has 0 unspecified atom stereocenters. The average Bonchev–Trinajstić information content (AvgIpc) is 3.28. The van der Waals surface area contributed by atoms with Crippen molar-refractivity contribution in [2.24, 2.45) is 5.92 Å². The molecule has 1 aromatic carbocycles. The van der Waals surface area contributed by atoms with Gasteiger partial charge in [0.1, 0.15) is 5.82 Å². The number of amides is 1. The Morgan fingerprint density at radius 2 is 1.80 bits per heavy atom. The van der Waals surface area contributed by atoms with Crippen LogP contribution in [0.5, 0.6) is 0 Å². The number of carbonyl (C=O) groups is 1. The number of pyridine rings is 2. The summed E-state index contributed by atoms with van der Waals surface area (Å²) in [5, 5.41) is 4.61. The Labute approximate surface area is 232 Å². The van der Waals surface area contributed by atoms with E-state index in [0.717, 1.165) is 45.2 Å². The van der Waals surface area contributed by atoms with Crippen LogP contribution in [0.1, 0.15) is 26.5 Å². The van der Waals surface area contributed by atoms with E-state index in [1.165, 1.54) is 0 Å². The number of morpholine rings is 1. The number of rotatable bonds is 7. The number of aromatic nitrogens is 2.